The molecule has 0 aliphatic carbocycles. The zero-order valence-electron chi connectivity index (χ0n) is 18.2. The first-order valence-corrected chi connectivity index (χ1v) is 11.3. The van der Waals surface area contributed by atoms with Crippen molar-refractivity contribution in [2.75, 3.05) is 19.0 Å². The molecule has 34 heavy (non-hydrogen) atoms. The van der Waals surface area contributed by atoms with Crippen molar-refractivity contribution in [2.45, 2.75) is 19.0 Å². The number of anilines is 2. The van der Waals surface area contributed by atoms with Crippen LogP contribution in [0.15, 0.2) is 66.3 Å². The van der Waals surface area contributed by atoms with E-state index in [1.807, 2.05) is 30.3 Å². The fraction of sp³-hybridized carbons (Fsp3) is 0.208. The summed E-state index contributed by atoms with van der Waals surface area (Å²) in [6.45, 7) is 0.185. The smallest absolute Gasteiger partial charge is 0.420 e. The minimum Gasteiger partial charge on any atom is -0.493 e. The lowest BCUT2D eigenvalue weighted by Crippen LogP contribution is -2.10. The second kappa shape index (κ2) is 10.5. The largest absolute Gasteiger partial charge is 0.493 e. The van der Waals surface area contributed by atoms with E-state index >= 15 is 0 Å². The molecule has 0 saturated carbocycles. The molecule has 6 nitrogen and oxygen atoms in total. The van der Waals surface area contributed by atoms with Crippen LogP contribution >= 0.6 is 11.3 Å². The molecule has 0 amide bonds. The predicted octanol–water partition coefficient (Wildman–Crippen LogP) is 6.38. The number of nitrogens with one attached hydrogen (secondary N) is 1. The van der Waals surface area contributed by atoms with E-state index in [-0.39, 0.29) is 24.1 Å². The van der Waals surface area contributed by atoms with Gasteiger partial charge in [0.1, 0.15) is 5.75 Å². The first-order valence-electron chi connectivity index (χ1n) is 10.4. The first kappa shape index (κ1) is 23.5. The summed E-state index contributed by atoms with van der Waals surface area (Å²) in [7, 11) is 1.47. The number of ether oxygens (including phenoxy) is 2. The summed E-state index contributed by atoms with van der Waals surface area (Å²) in [6, 6.07) is 13.9. The number of alkyl halides is 3. The first-order chi connectivity index (χ1) is 16.4. The van der Waals surface area contributed by atoms with E-state index in [0.29, 0.717) is 22.8 Å². The highest BCUT2D eigenvalue weighted by Gasteiger charge is 2.34. The lowest BCUT2D eigenvalue weighted by atomic mass is 10.1. The summed E-state index contributed by atoms with van der Waals surface area (Å²) >= 11 is 1.26. The highest BCUT2D eigenvalue weighted by Crippen LogP contribution is 2.39. The van der Waals surface area contributed by atoms with Crippen molar-refractivity contribution in [2.24, 2.45) is 0 Å². The van der Waals surface area contributed by atoms with E-state index in [1.165, 1.54) is 24.5 Å². The molecule has 176 valence electrons. The summed E-state index contributed by atoms with van der Waals surface area (Å²) in [4.78, 5) is 12.5. The number of thiazole rings is 1. The molecule has 4 aromatic rings. The van der Waals surface area contributed by atoms with Crippen molar-refractivity contribution in [3.8, 4) is 23.0 Å². The molecule has 4 rings (SSSR count). The zero-order chi connectivity index (χ0) is 24.0. The van der Waals surface area contributed by atoms with Crippen LogP contribution in [0.3, 0.4) is 0 Å². The van der Waals surface area contributed by atoms with Crippen LogP contribution in [0.1, 0.15) is 17.5 Å². The van der Waals surface area contributed by atoms with E-state index in [9.17, 15) is 13.2 Å². The molecule has 1 N–H and O–H groups in total. The molecule has 0 atom stereocenters. The summed E-state index contributed by atoms with van der Waals surface area (Å²) in [5.41, 5.74) is 1.81. The summed E-state index contributed by atoms with van der Waals surface area (Å²) in [6.07, 6.45) is -0.0840. The van der Waals surface area contributed by atoms with Crippen LogP contribution in [-0.4, -0.2) is 28.7 Å². The SMILES string of the molecule is COc1ncc(-c2csc(Nc3ccc(OCCCc4ccccc4)c(C(F)(F)F)c3)n2)cn1. The van der Waals surface area contributed by atoms with E-state index in [2.05, 4.69) is 20.3 Å². The van der Waals surface area contributed by atoms with Gasteiger partial charge in [-0.1, -0.05) is 30.3 Å². The lowest BCUT2D eigenvalue weighted by Gasteiger charge is -2.15. The van der Waals surface area contributed by atoms with Gasteiger partial charge in [0.15, 0.2) is 5.13 Å². The number of hydrogen-bond donors (Lipinski definition) is 1. The number of aromatic nitrogens is 3. The molecule has 2 heterocycles. The molecule has 0 radical (unpaired) electrons. The van der Waals surface area contributed by atoms with Crippen LogP contribution in [0.5, 0.6) is 11.8 Å². The van der Waals surface area contributed by atoms with E-state index in [1.54, 1.807) is 23.8 Å². The molecule has 2 aromatic heterocycles. The molecule has 0 unspecified atom stereocenters. The summed E-state index contributed by atoms with van der Waals surface area (Å²) in [5.74, 6) is -0.193. The molecular formula is C24H21F3N4O2S. The van der Waals surface area contributed by atoms with Crippen LogP contribution < -0.4 is 14.8 Å². The molecular weight excluding hydrogens is 465 g/mol. The Balaban J connectivity index is 1.43. The zero-order valence-corrected chi connectivity index (χ0v) is 19.0. The molecule has 0 spiro atoms. The standard InChI is InChI=1S/C24H21F3N4O2S/c1-32-22-28-13-17(14-29-22)20-15-34-23(31-20)30-18-9-10-21(19(12-18)24(25,26)27)33-11-5-8-16-6-3-2-4-7-16/h2-4,6-7,9-10,12-15H,5,8,11H2,1H3,(H,30,31). The maximum atomic E-state index is 13.7. The Kier molecular flexibility index (Phi) is 7.27. The fourth-order valence-corrected chi connectivity index (χ4v) is 3.94. The average Bonchev–Trinajstić information content (AvgIpc) is 3.31. The molecule has 0 fully saturated rings. The van der Waals surface area contributed by atoms with Gasteiger partial charge in [-0.15, -0.1) is 11.3 Å². The fourth-order valence-electron chi connectivity index (χ4n) is 3.20. The van der Waals surface area contributed by atoms with Gasteiger partial charge in [-0.25, -0.2) is 15.0 Å². The maximum absolute atomic E-state index is 13.7. The number of methoxy groups -OCH3 is 1. The third-order valence-corrected chi connectivity index (χ3v) is 5.61. The number of nitrogens with zero attached hydrogens (tertiary/aromatic N) is 3. The maximum Gasteiger partial charge on any atom is 0.420 e. The van der Waals surface area contributed by atoms with E-state index in [0.717, 1.165) is 18.1 Å². The van der Waals surface area contributed by atoms with Crippen molar-refractivity contribution in [3.05, 3.63) is 77.4 Å². The second-order valence-electron chi connectivity index (χ2n) is 7.27. The average molecular weight is 487 g/mol. The highest BCUT2D eigenvalue weighted by molar-refractivity contribution is 7.14. The third kappa shape index (κ3) is 6.02. The van der Waals surface area contributed by atoms with Crippen molar-refractivity contribution in [1.29, 1.82) is 0 Å². The minimum atomic E-state index is -4.55. The van der Waals surface area contributed by atoms with Crippen LogP contribution in [0, 0.1) is 0 Å². The Morgan fingerprint density at radius 3 is 2.50 bits per heavy atom. The van der Waals surface area contributed by atoms with Crippen molar-refractivity contribution in [1.82, 2.24) is 15.0 Å². The van der Waals surface area contributed by atoms with Gasteiger partial charge < -0.3 is 14.8 Å². The quantitative estimate of drug-likeness (QED) is 0.277. The number of benzene rings is 2. The summed E-state index contributed by atoms with van der Waals surface area (Å²) in [5, 5.41) is 5.14. The van der Waals surface area contributed by atoms with Crippen molar-refractivity contribution in [3.63, 3.8) is 0 Å². The van der Waals surface area contributed by atoms with Gasteiger partial charge in [-0.3, -0.25) is 0 Å². The van der Waals surface area contributed by atoms with Gasteiger partial charge >= 0.3 is 12.2 Å². The van der Waals surface area contributed by atoms with Gasteiger partial charge in [-0.2, -0.15) is 13.2 Å². The number of halogens is 3. The Morgan fingerprint density at radius 1 is 1.03 bits per heavy atom. The Hall–Kier alpha value is -3.66. The highest BCUT2D eigenvalue weighted by atomic mass is 32.1. The predicted molar refractivity (Wildman–Crippen MR) is 125 cm³/mol. The molecule has 0 bridgehead atoms. The van der Waals surface area contributed by atoms with Crippen molar-refractivity contribution >= 4 is 22.2 Å². The number of rotatable bonds is 9. The van der Waals surface area contributed by atoms with E-state index in [4.69, 9.17) is 9.47 Å². The Labute approximate surface area is 198 Å². The van der Waals surface area contributed by atoms with Gasteiger partial charge in [0.2, 0.25) is 0 Å². The van der Waals surface area contributed by atoms with Crippen LogP contribution in [0.4, 0.5) is 24.0 Å². The number of aryl methyl sites for hydroxylation is 1. The normalized spacial score (nSPS) is 11.3. The lowest BCUT2D eigenvalue weighted by molar-refractivity contribution is -0.138. The van der Waals surface area contributed by atoms with Gasteiger partial charge in [0.05, 0.1) is 25.0 Å². The summed E-state index contributed by atoms with van der Waals surface area (Å²) < 4.78 is 51.5. The Bertz CT molecular complexity index is 1220. The van der Waals surface area contributed by atoms with Gasteiger partial charge in [0.25, 0.3) is 0 Å². The Morgan fingerprint density at radius 2 is 1.79 bits per heavy atom. The topological polar surface area (TPSA) is 69.2 Å². The molecule has 0 aliphatic heterocycles. The third-order valence-electron chi connectivity index (χ3n) is 4.86. The molecule has 10 heteroatoms. The van der Waals surface area contributed by atoms with Crippen LogP contribution in [0.25, 0.3) is 11.3 Å². The number of hydrogen-bond acceptors (Lipinski definition) is 7. The van der Waals surface area contributed by atoms with Crippen LogP contribution in [-0.2, 0) is 12.6 Å². The second-order valence-corrected chi connectivity index (χ2v) is 8.13. The molecule has 0 saturated heterocycles. The molecule has 2 aromatic carbocycles. The molecule has 0 aliphatic rings. The van der Waals surface area contributed by atoms with E-state index < -0.39 is 11.7 Å². The van der Waals surface area contributed by atoms with Crippen LogP contribution in [0.2, 0.25) is 0 Å². The monoisotopic (exact) mass is 486 g/mol. The van der Waals surface area contributed by atoms with Gasteiger partial charge in [0, 0.05) is 29.0 Å². The minimum absolute atomic E-state index is 0.185. The van der Waals surface area contributed by atoms with Gasteiger partial charge in [-0.05, 0) is 36.6 Å². The van der Waals surface area contributed by atoms with Crippen molar-refractivity contribution < 1.29 is 22.6 Å².